The van der Waals surface area contributed by atoms with Crippen LogP contribution in [0.4, 0.5) is 24.5 Å². The summed E-state index contributed by atoms with van der Waals surface area (Å²) in [4.78, 5) is 13.8. The van der Waals surface area contributed by atoms with Gasteiger partial charge in [-0.15, -0.1) is 0 Å². The minimum absolute atomic E-state index is 0.107. The number of halogens is 4. The molecule has 3 rings (SSSR count). The second-order valence-corrected chi connectivity index (χ2v) is 7.81. The second-order valence-electron chi connectivity index (χ2n) is 6.65. The number of benzene rings is 3. The number of hydrogen-bond donors (Lipinski definition) is 1. The monoisotopic (exact) mass is 534 g/mol. The van der Waals surface area contributed by atoms with E-state index in [2.05, 4.69) is 39.7 Å². The Morgan fingerprint density at radius 1 is 1.03 bits per heavy atom. The van der Waals surface area contributed by atoms with Gasteiger partial charge in [0.15, 0.2) is 0 Å². The van der Waals surface area contributed by atoms with Gasteiger partial charge in [0.05, 0.1) is 11.3 Å². The highest BCUT2D eigenvalue weighted by Crippen LogP contribution is 2.32. The number of carbonyl (C=O) groups is 1. The Labute approximate surface area is 192 Å². The van der Waals surface area contributed by atoms with Gasteiger partial charge in [-0.3, -0.25) is 4.79 Å². The molecule has 3 aromatic carbocycles. The van der Waals surface area contributed by atoms with Gasteiger partial charge in [0.25, 0.3) is 0 Å². The molecule has 1 amide bonds. The minimum atomic E-state index is -4.51. The predicted octanol–water partition coefficient (Wildman–Crippen LogP) is 5.94. The van der Waals surface area contributed by atoms with Gasteiger partial charge in [-0.05, 0) is 64.6 Å². The summed E-state index contributed by atoms with van der Waals surface area (Å²) in [5.41, 5.74) is 1.36. The predicted molar refractivity (Wildman–Crippen MR) is 125 cm³/mol. The third kappa shape index (κ3) is 6.01. The van der Waals surface area contributed by atoms with Gasteiger partial charge in [-0.25, -0.2) is 0 Å². The number of nitrogens with zero attached hydrogens (tertiary/aromatic N) is 1. The largest absolute Gasteiger partial charge is 0.416 e. The molecular weight excluding hydrogens is 516 g/mol. The molecule has 0 aliphatic rings. The highest BCUT2D eigenvalue weighted by molar-refractivity contribution is 14.1. The Morgan fingerprint density at radius 2 is 1.71 bits per heavy atom. The molecule has 3 aromatic rings. The molecule has 0 radical (unpaired) electrons. The van der Waals surface area contributed by atoms with Gasteiger partial charge < -0.3 is 10.2 Å². The molecule has 0 aromatic heterocycles. The Morgan fingerprint density at radius 3 is 2.39 bits per heavy atom. The summed E-state index contributed by atoms with van der Waals surface area (Å²) < 4.78 is 40.7. The van der Waals surface area contributed by atoms with Crippen molar-refractivity contribution in [2.75, 3.05) is 17.3 Å². The van der Waals surface area contributed by atoms with Crippen LogP contribution in [-0.2, 0) is 17.5 Å². The lowest BCUT2D eigenvalue weighted by Crippen LogP contribution is -2.24. The van der Waals surface area contributed by atoms with E-state index < -0.39 is 17.6 Å². The van der Waals surface area contributed by atoms with Crippen LogP contribution in [0.2, 0.25) is 0 Å². The number of amides is 1. The van der Waals surface area contributed by atoms with Crippen molar-refractivity contribution >= 4 is 39.9 Å². The van der Waals surface area contributed by atoms with Crippen LogP contribution in [0, 0.1) is 15.4 Å². The van der Waals surface area contributed by atoms with Crippen molar-refractivity contribution in [1.82, 2.24) is 0 Å². The van der Waals surface area contributed by atoms with Crippen molar-refractivity contribution in [2.45, 2.75) is 12.7 Å². The van der Waals surface area contributed by atoms with Crippen LogP contribution in [0.5, 0.6) is 0 Å². The van der Waals surface area contributed by atoms with Crippen LogP contribution in [0.25, 0.3) is 0 Å². The summed E-state index contributed by atoms with van der Waals surface area (Å²) in [5, 5.41) is 3.13. The summed E-state index contributed by atoms with van der Waals surface area (Å²) >= 11 is 2.20. The molecule has 7 heteroatoms. The van der Waals surface area contributed by atoms with E-state index in [1.807, 2.05) is 30.3 Å². The average molecular weight is 534 g/mol. The molecule has 0 fully saturated rings. The maximum Gasteiger partial charge on any atom is 0.416 e. The Bertz CT molecular complexity index is 1130. The lowest BCUT2D eigenvalue weighted by Gasteiger charge is -2.14. The molecular formula is C24H18F3IN2O. The first kappa shape index (κ1) is 22.7. The topological polar surface area (TPSA) is 32.3 Å². The van der Waals surface area contributed by atoms with Gasteiger partial charge in [0.2, 0.25) is 0 Å². The van der Waals surface area contributed by atoms with Gasteiger partial charge in [-0.1, -0.05) is 42.3 Å². The molecule has 0 aliphatic heterocycles. The lowest BCUT2D eigenvalue weighted by molar-refractivity contribution is -0.137. The number of para-hydroxylation sites is 1. The fraction of sp³-hybridized carbons (Fsp3) is 0.125. The zero-order valence-electron chi connectivity index (χ0n) is 16.5. The molecule has 158 valence electrons. The standard InChI is InChI=1S/C24H18F3IN2O/c1-30(20-8-3-2-4-9-20)23(31)14-11-17-15-19(24(25,26)27)12-13-22(17)29-16-18-7-5-6-10-21(18)28/h2-10,12-13,15,29H,16H2,1H3. The molecule has 1 N–H and O–H groups in total. The number of anilines is 2. The van der Waals surface area contributed by atoms with Crippen molar-refractivity contribution in [2.24, 2.45) is 0 Å². The van der Waals surface area contributed by atoms with Crippen molar-refractivity contribution < 1.29 is 18.0 Å². The van der Waals surface area contributed by atoms with Crippen LogP contribution in [0.1, 0.15) is 16.7 Å². The Balaban J connectivity index is 1.89. The highest BCUT2D eigenvalue weighted by Gasteiger charge is 2.30. The molecule has 0 atom stereocenters. The number of hydrogen-bond acceptors (Lipinski definition) is 2. The first-order chi connectivity index (χ1) is 14.8. The van der Waals surface area contributed by atoms with Crippen molar-refractivity contribution in [3.63, 3.8) is 0 Å². The summed E-state index contributed by atoms with van der Waals surface area (Å²) in [5.74, 6) is 4.55. The van der Waals surface area contributed by atoms with E-state index in [4.69, 9.17) is 0 Å². The molecule has 31 heavy (non-hydrogen) atoms. The van der Waals surface area contributed by atoms with Crippen molar-refractivity contribution in [3.8, 4) is 11.8 Å². The zero-order valence-corrected chi connectivity index (χ0v) is 18.7. The van der Waals surface area contributed by atoms with Gasteiger partial charge in [-0.2, -0.15) is 13.2 Å². The van der Waals surface area contributed by atoms with E-state index in [1.165, 1.54) is 11.0 Å². The zero-order chi connectivity index (χ0) is 22.4. The smallest absolute Gasteiger partial charge is 0.380 e. The fourth-order valence-electron chi connectivity index (χ4n) is 2.78. The molecule has 0 saturated heterocycles. The average Bonchev–Trinajstić information content (AvgIpc) is 2.76. The second kappa shape index (κ2) is 9.88. The third-order valence-electron chi connectivity index (χ3n) is 4.53. The molecule has 0 unspecified atom stereocenters. The molecule has 0 saturated carbocycles. The first-order valence-electron chi connectivity index (χ1n) is 9.29. The van der Waals surface area contributed by atoms with E-state index >= 15 is 0 Å². The minimum Gasteiger partial charge on any atom is -0.380 e. The molecule has 3 nitrogen and oxygen atoms in total. The molecule has 0 aliphatic carbocycles. The van der Waals surface area contributed by atoms with E-state index in [0.29, 0.717) is 17.9 Å². The lowest BCUT2D eigenvalue weighted by atomic mass is 10.1. The Hall–Kier alpha value is -2.99. The van der Waals surface area contributed by atoms with Gasteiger partial charge >= 0.3 is 12.1 Å². The maximum atomic E-state index is 13.2. The number of rotatable bonds is 4. The molecule has 0 bridgehead atoms. The number of carbonyl (C=O) groups excluding carboxylic acids is 1. The van der Waals surface area contributed by atoms with E-state index in [0.717, 1.165) is 21.3 Å². The summed E-state index contributed by atoms with van der Waals surface area (Å²) in [7, 11) is 1.56. The van der Waals surface area contributed by atoms with Crippen molar-refractivity contribution in [1.29, 1.82) is 0 Å². The summed E-state index contributed by atoms with van der Waals surface area (Å²) in [6.07, 6.45) is -4.51. The molecule has 0 heterocycles. The first-order valence-corrected chi connectivity index (χ1v) is 10.4. The normalized spacial score (nSPS) is 10.7. The Kier molecular flexibility index (Phi) is 7.23. The highest BCUT2D eigenvalue weighted by atomic mass is 127. The van der Waals surface area contributed by atoms with Crippen LogP contribution in [-0.4, -0.2) is 13.0 Å². The SMILES string of the molecule is CN(C(=O)C#Cc1cc(C(F)(F)F)ccc1NCc1ccccc1I)c1ccccc1. The molecule has 0 spiro atoms. The van der Waals surface area contributed by atoms with Crippen LogP contribution in [0.3, 0.4) is 0 Å². The van der Waals surface area contributed by atoms with E-state index in [1.54, 1.807) is 31.3 Å². The maximum absolute atomic E-state index is 13.2. The van der Waals surface area contributed by atoms with E-state index in [9.17, 15) is 18.0 Å². The van der Waals surface area contributed by atoms with E-state index in [-0.39, 0.29) is 5.56 Å². The van der Waals surface area contributed by atoms with Crippen molar-refractivity contribution in [3.05, 3.63) is 93.1 Å². The fourth-order valence-corrected chi connectivity index (χ4v) is 3.36. The number of alkyl halides is 3. The van der Waals surface area contributed by atoms with Gasteiger partial charge in [0.1, 0.15) is 0 Å². The summed E-state index contributed by atoms with van der Waals surface area (Å²) in [6, 6.07) is 19.9. The van der Waals surface area contributed by atoms with Crippen LogP contribution < -0.4 is 10.2 Å². The van der Waals surface area contributed by atoms with Gasteiger partial charge in [0, 0.05) is 34.3 Å². The quantitative estimate of drug-likeness (QED) is 0.332. The number of nitrogens with one attached hydrogen (secondary N) is 1. The third-order valence-corrected chi connectivity index (χ3v) is 5.58. The van der Waals surface area contributed by atoms with Crippen LogP contribution in [0.15, 0.2) is 72.8 Å². The van der Waals surface area contributed by atoms with Crippen LogP contribution >= 0.6 is 22.6 Å². The summed E-state index contributed by atoms with van der Waals surface area (Å²) in [6.45, 7) is 0.414.